The van der Waals surface area contributed by atoms with Crippen molar-refractivity contribution in [1.82, 2.24) is 15.5 Å². The van der Waals surface area contributed by atoms with Gasteiger partial charge in [-0.2, -0.15) is 0 Å². The van der Waals surface area contributed by atoms with Crippen LogP contribution in [0, 0.1) is 0 Å². The molecule has 0 aromatic heterocycles. The second kappa shape index (κ2) is 13.7. The lowest BCUT2D eigenvalue weighted by Gasteiger charge is -2.21. The summed E-state index contributed by atoms with van der Waals surface area (Å²) in [6.45, 7) is 2.11. The molecule has 2 atom stereocenters. The van der Waals surface area contributed by atoms with E-state index in [1.165, 1.54) is 22.9 Å². The molecule has 3 rings (SSSR count). The van der Waals surface area contributed by atoms with Crippen molar-refractivity contribution < 1.29 is 24.3 Å². The number of carbonyl (C=O) groups excluding carboxylic acids is 3. The first-order valence-electron chi connectivity index (χ1n) is 12.1. The van der Waals surface area contributed by atoms with Crippen LogP contribution in [0.4, 0.5) is 5.69 Å². The molecule has 9 nitrogen and oxygen atoms in total. The molecule has 196 valence electrons. The number of hydrogen-bond donors (Lipinski definition) is 4. The van der Waals surface area contributed by atoms with Gasteiger partial charge in [-0.1, -0.05) is 23.7 Å². The van der Waals surface area contributed by atoms with E-state index in [-0.39, 0.29) is 49.9 Å². The first kappa shape index (κ1) is 28.0. The molecule has 2 aliphatic rings. The molecule has 36 heavy (non-hydrogen) atoms. The molecular weight excluding hydrogens is 504 g/mol. The Morgan fingerprint density at radius 2 is 1.92 bits per heavy atom. The van der Waals surface area contributed by atoms with Gasteiger partial charge in [0.2, 0.25) is 17.7 Å². The Labute approximate surface area is 220 Å². The maximum atomic E-state index is 13.2. The summed E-state index contributed by atoms with van der Waals surface area (Å²) in [6.07, 6.45) is 4.55. The van der Waals surface area contributed by atoms with Gasteiger partial charge < -0.3 is 26.0 Å². The number of likely N-dealkylation sites (N-methyl/N-ethyl adjacent to an activating group) is 1. The van der Waals surface area contributed by atoms with Gasteiger partial charge in [0.25, 0.3) is 0 Å². The standard InChI is InChI=1S/C25H33ClN4O5S/c1-30-13-10-16-5-6-18(15-17(16)11-14-30)28-24(34)19(29-25(35)20-7-8-21(26)36-20)9-12-27-22(31)3-2-4-23(32)33/h5-6,8,15,19-20H,2-4,7,9-14H2,1H3,(H,27,31)(H,28,34)(H,29,35)(H,32,33)/t19-,20?/m1/s1. The summed E-state index contributed by atoms with van der Waals surface area (Å²) in [4.78, 5) is 50.9. The van der Waals surface area contributed by atoms with E-state index in [9.17, 15) is 19.2 Å². The van der Waals surface area contributed by atoms with Crippen LogP contribution in [0.5, 0.6) is 0 Å². The van der Waals surface area contributed by atoms with Gasteiger partial charge in [-0.15, -0.1) is 11.8 Å². The molecule has 0 radical (unpaired) electrons. The highest BCUT2D eigenvalue weighted by atomic mass is 35.5. The fourth-order valence-electron chi connectivity index (χ4n) is 4.11. The van der Waals surface area contributed by atoms with Crippen molar-refractivity contribution in [3.63, 3.8) is 0 Å². The topological polar surface area (TPSA) is 128 Å². The molecule has 0 bridgehead atoms. The largest absolute Gasteiger partial charge is 0.481 e. The lowest BCUT2D eigenvalue weighted by molar-refractivity contribution is -0.137. The smallest absolute Gasteiger partial charge is 0.303 e. The lowest BCUT2D eigenvalue weighted by Crippen LogP contribution is -2.48. The van der Waals surface area contributed by atoms with Crippen molar-refractivity contribution in [3.8, 4) is 0 Å². The quantitative estimate of drug-likeness (QED) is 0.342. The molecule has 1 aromatic carbocycles. The molecule has 1 unspecified atom stereocenters. The number of benzene rings is 1. The third kappa shape index (κ3) is 8.83. The lowest BCUT2D eigenvalue weighted by atomic mass is 10.0. The van der Waals surface area contributed by atoms with E-state index in [1.807, 2.05) is 18.2 Å². The Kier molecular flexibility index (Phi) is 10.6. The average molecular weight is 537 g/mol. The SMILES string of the molecule is CN1CCc2ccc(NC(=O)[C@@H](CCNC(=O)CCCC(=O)O)NC(=O)C3CC=C(Cl)S3)cc2CC1. The van der Waals surface area contributed by atoms with Crippen LogP contribution in [0.2, 0.25) is 0 Å². The number of nitrogens with zero attached hydrogens (tertiary/aromatic N) is 1. The molecular formula is C25H33ClN4O5S. The van der Waals surface area contributed by atoms with E-state index in [4.69, 9.17) is 16.7 Å². The number of amides is 3. The predicted octanol–water partition coefficient (Wildman–Crippen LogP) is 2.49. The predicted molar refractivity (Wildman–Crippen MR) is 141 cm³/mol. The van der Waals surface area contributed by atoms with Gasteiger partial charge >= 0.3 is 5.97 Å². The monoisotopic (exact) mass is 536 g/mol. The van der Waals surface area contributed by atoms with Crippen LogP contribution in [0.1, 0.15) is 43.2 Å². The molecule has 0 saturated carbocycles. The van der Waals surface area contributed by atoms with Gasteiger partial charge in [0.05, 0.1) is 9.61 Å². The third-order valence-electron chi connectivity index (χ3n) is 6.22. The molecule has 0 fully saturated rings. The molecule has 4 N–H and O–H groups in total. The van der Waals surface area contributed by atoms with E-state index in [2.05, 4.69) is 27.9 Å². The first-order valence-corrected chi connectivity index (χ1v) is 13.4. The number of anilines is 1. The zero-order chi connectivity index (χ0) is 26.1. The molecule has 0 saturated heterocycles. The minimum Gasteiger partial charge on any atom is -0.481 e. The number of halogens is 1. The molecule has 0 aliphatic carbocycles. The number of hydrogen-bond acceptors (Lipinski definition) is 6. The van der Waals surface area contributed by atoms with Gasteiger partial charge in [0, 0.05) is 38.2 Å². The first-order chi connectivity index (χ1) is 17.2. The Morgan fingerprint density at radius 3 is 2.61 bits per heavy atom. The number of thioether (sulfide) groups is 1. The second-order valence-electron chi connectivity index (χ2n) is 9.07. The van der Waals surface area contributed by atoms with Gasteiger partial charge in [0.1, 0.15) is 6.04 Å². The highest BCUT2D eigenvalue weighted by Gasteiger charge is 2.29. The molecule has 2 heterocycles. The van der Waals surface area contributed by atoms with E-state index in [0.717, 1.165) is 25.9 Å². The maximum Gasteiger partial charge on any atom is 0.303 e. The minimum absolute atomic E-state index is 0.0821. The number of carboxylic acids is 1. The third-order valence-corrected chi connectivity index (χ3v) is 7.73. The Morgan fingerprint density at radius 1 is 1.17 bits per heavy atom. The van der Waals surface area contributed by atoms with Crippen LogP contribution in [0.3, 0.4) is 0 Å². The summed E-state index contributed by atoms with van der Waals surface area (Å²) in [7, 11) is 2.10. The van der Waals surface area contributed by atoms with E-state index in [0.29, 0.717) is 16.5 Å². The molecule has 1 aromatic rings. The highest BCUT2D eigenvalue weighted by Crippen LogP contribution is 2.34. The molecule has 3 amide bonds. The van der Waals surface area contributed by atoms with Crippen LogP contribution in [-0.4, -0.2) is 71.7 Å². The fraction of sp³-hybridized carbons (Fsp3) is 0.520. The van der Waals surface area contributed by atoms with Gasteiger partial charge in [0.15, 0.2) is 0 Å². The van der Waals surface area contributed by atoms with Crippen LogP contribution < -0.4 is 16.0 Å². The normalized spacial score (nSPS) is 18.4. The number of carbonyl (C=O) groups is 4. The summed E-state index contributed by atoms with van der Waals surface area (Å²) >= 11 is 7.24. The molecule has 11 heteroatoms. The number of aliphatic carboxylic acids is 1. The van der Waals surface area contributed by atoms with E-state index < -0.39 is 17.3 Å². The zero-order valence-electron chi connectivity index (χ0n) is 20.3. The average Bonchev–Trinajstić information content (AvgIpc) is 3.18. The number of nitrogens with one attached hydrogen (secondary N) is 3. The van der Waals surface area contributed by atoms with Crippen LogP contribution >= 0.6 is 23.4 Å². The van der Waals surface area contributed by atoms with Crippen LogP contribution in [-0.2, 0) is 32.0 Å². The summed E-state index contributed by atoms with van der Waals surface area (Å²) in [5.74, 6) is -1.90. The van der Waals surface area contributed by atoms with E-state index >= 15 is 0 Å². The van der Waals surface area contributed by atoms with Gasteiger partial charge in [-0.3, -0.25) is 19.2 Å². The second-order valence-corrected chi connectivity index (χ2v) is 10.9. The van der Waals surface area contributed by atoms with E-state index in [1.54, 1.807) is 6.08 Å². The Balaban J connectivity index is 1.60. The van der Waals surface area contributed by atoms with Crippen molar-refractivity contribution in [2.75, 3.05) is 32.0 Å². The maximum absolute atomic E-state index is 13.2. The zero-order valence-corrected chi connectivity index (χ0v) is 21.9. The van der Waals surface area contributed by atoms with Crippen LogP contribution in [0.25, 0.3) is 0 Å². The number of rotatable bonds is 11. The summed E-state index contributed by atoms with van der Waals surface area (Å²) in [6, 6.07) is 5.05. The van der Waals surface area contributed by atoms with Gasteiger partial charge in [-0.25, -0.2) is 0 Å². The summed E-state index contributed by atoms with van der Waals surface area (Å²) in [5.41, 5.74) is 3.14. The highest BCUT2D eigenvalue weighted by molar-refractivity contribution is 8.06. The minimum atomic E-state index is -0.952. The Bertz CT molecular complexity index is 1020. The van der Waals surface area contributed by atoms with Crippen molar-refractivity contribution in [2.45, 2.75) is 56.2 Å². The van der Waals surface area contributed by atoms with Crippen LogP contribution in [0.15, 0.2) is 28.6 Å². The Hall–Kier alpha value is -2.56. The number of carboxylic acid groups (broad SMARTS) is 1. The van der Waals surface area contributed by atoms with Crippen molar-refractivity contribution >= 4 is 52.7 Å². The van der Waals surface area contributed by atoms with Crippen molar-refractivity contribution in [3.05, 3.63) is 39.8 Å². The summed E-state index contributed by atoms with van der Waals surface area (Å²) in [5, 5.41) is 16.7. The van der Waals surface area contributed by atoms with Crippen molar-refractivity contribution in [1.29, 1.82) is 0 Å². The van der Waals surface area contributed by atoms with Gasteiger partial charge in [-0.05, 0) is 62.4 Å². The fourth-order valence-corrected chi connectivity index (χ4v) is 5.36. The number of fused-ring (bicyclic) bond motifs is 1. The number of allylic oxidation sites excluding steroid dienone is 1. The molecule has 0 spiro atoms. The van der Waals surface area contributed by atoms with Crippen molar-refractivity contribution in [2.24, 2.45) is 0 Å². The molecule has 2 aliphatic heterocycles. The summed E-state index contributed by atoms with van der Waals surface area (Å²) < 4.78 is 0.556.